The largest absolute Gasteiger partial charge is 0.508 e. The lowest BCUT2D eigenvalue weighted by molar-refractivity contribution is -0.152. The van der Waals surface area contributed by atoms with Crippen LogP contribution in [0.1, 0.15) is 59.9 Å². The molecule has 21 nitrogen and oxygen atoms in total. The van der Waals surface area contributed by atoms with E-state index in [1.807, 2.05) is 0 Å². The summed E-state index contributed by atoms with van der Waals surface area (Å²) in [7, 11) is 0. The minimum atomic E-state index is -0.957. The third-order valence-corrected chi connectivity index (χ3v) is 9.09. The van der Waals surface area contributed by atoms with Crippen LogP contribution in [-0.2, 0) is 38.0 Å². The molecule has 0 radical (unpaired) electrons. The van der Waals surface area contributed by atoms with Gasteiger partial charge in [0.15, 0.2) is 23.8 Å². The number of nitrogens with two attached hydrogens (primary N) is 2. The number of fused-ring (bicyclic) bond motifs is 2. The summed E-state index contributed by atoms with van der Waals surface area (Å²) in [5.41, 5.74) is 11.8. The lowest BCUT2D eigenvalue weighted by Crippen LogP contribution is -2.30. The van der Waals surface area contributed by atoms with Gasteiger partial charge < -0.3 is 49.7 Å². The van der Waals surface area contributed by atoms with E-state index in [-0.39, 0.29) is 65.6 Å². The van der Waals surface area contributed by atoms with Crippen LogP contribution in [0.5, 0.6) is 0 Å². The Morgan fingerprint density at radius 3 is 1.75 bits per heavy atom. The molecule has 23 heteroatoms. The van der Waals surface area contributed by atoms with Crippen molar-refractivity contribution in [2.45, 2.75) is 96.5 Å². The maximum atomic E-state index is 12.5. The van der Waals surface area contributed by atoms with Gasteiger partial charge in [0, 0.05) is 19.8 Å². The Bertz CT molecular complexity index is 2060. The number of aromatic nitrogens is 6. The first-order valence-corrected chi connectivity index (χ1v) is 17.8. The third-order valence-electron chi connectivity index (χ3n) is 7.33. The molecule has 0 spiro atoms. The maximum absolute atomic E-state index is 12.5. The molecule has 0 unspecified atom stereocenters. The number of aliphatic hydroxyl groups excluding tert-OH is 1. The molecule has 4 aromatic rings. The van der Waals surface area contributed by atoms with Crippen molar-refractivity contribution in [3.05, 3.63) is 31.7 Å². The van der Waals surface area contributed by atoms with Crippen LogP contribution < -0.4 is 21.2 Å². The predicted octanol–water partition coefficient (Wildman–Crippen LogP) is 1.86. The number of carbonyl (C=O) groups is 3. The molecule has 2 saturated heterocycles. The summed E-state index contributed by atoms with van der Waals surface area (Å²) >= 11 is 1.86. The molecule has 6 heterocycles. The molecule has 6 atom stereocenters. The zero-order chi connectivity index (χ0) is 38.6. The summed E-state index contributed by atoms with van der Waals surface area (Å²) < 4.78 is 40.2. The van der Waals surface area contributed by atoms with Gasteiger partial charge in [-0.25, -0.2) is 19.6 Å². The number of esters is 1. The summed E-state index contributed by atoms with van der Waals surface area (Å²) in [4.78, 5) is 74.4. The minimum Gasteiger partial charge on any atom is -0.458 e. The van der Waals surface area contributed by atoms with Crippen LogP contribution in [-0.4, -0.2) is 102 Å². The van der Waals surface area contributed by atoms with Crippen molar-refractivity contribution >= 4 is 73.5 Å². The number of thiazole rings is 2. The fourth-order valence-electron chi connectivity index (χ4n) is 5.36. The van der Waals surface area contributed by atoms with Gasteiger partial charge in [-0.05, 0) is 27.7 Å². The summed E-state index contributed by atoms with van der Waals surface area (Å²) in [5.74, 6) is -0.513. The van der Waals surface area contributed by atoms with Crippen molar-refractivity contribution in [2.24, 2.45) is 0 Å². The molecule has 53 heavy (non-hydrogen) atoms. The van der Waals surface area contributed by atoms with Gasteiger partial charge in [-0.2, -0.15) is 9.97 Å². The van der Waals surface area contributed by atoms with Gasteiger partial charge in [-0.3, -0.25) is 23.5 Å². The highest BCUT2D eigenvalue weighted by atomic mass is 32.1. The number of hydrogen-bond acceptors (Lipinski definition) is 21. The number of hydrogen-bond donors (Lipinski definition) is 3. The molecule has 0 aromatic carbocycles. The second-order valence-corrected chi connectivity index (χ2v) is 14.2. The van der Waals surface area contributed by atoms with Crippen LogP contribution in [0.4, 0.5) is 21.5 Å². The third kappa shape index (κ3) is 9.72. The predicted molar refractivity (Wildman–Crippen MR) is 186 cm³/mol. The van der Waals surface area contributed by atoms with E-state index < -0.39 is 55.2 Å². The summed E-state index contributed by atoms with van der Waals surface area (Å²) in [5, 5.41) is 10.3. The lowest BCUT2D eigenvalue weighted by atomic mass is 10.2. The first-order chi connectivity index (χ1) is 25.1. The van der Waals surface area contributed by atoms with Crippen LogP contribution >= 0.6 is 22.7 Å². The average Bonchev–Trinajstić information content (AvgIpc) is 3.80. The number of nitrogen functional groups attached to an aromatic ring is 2. The van der Waals surface area contributed by atoms with Crippen molar-refractivity contribution in [2.75, 3.05) is 24.7 Å². The van der Waals surface area contributed by atoms with Crippen molar-refractivity contribution in [3.8, 4) is 0 Å². The number of rotatable bonds is 9. The fourth-order valence-corrected chi connectivity index (χ4v) is 7.00. The molecule has 6 rings (SSSR count). The Morgan fingerprint density at radius 1 is 0.830 bits per heavy atom. The summed E-state index contributed by atoms with van der Waals surface area (Å²) in [6, 6.07) is 0. The monoisotopic (exact) mass is 782 g/mol. The molecular formula is C30H38N8O13S2. The summed E-state index contributed by atoms with van der Waals surface area (Å²) in [6.07, 6.45) is -3.71. The standard InChI is InChI=1S/C16H20N4O7S.C14H18N4O6S/c1-7(2)25-16(23)24-6-9-4-10(26-8(3)21)13(27-9)20-12-11(28-15(20)22)5-18-14(17)19-12;1-6(2)23-14(21)22-5-7-3-8(19)11(24-7)18-10-9(25-13(18)20)4-16-12(15)17-10/h5,7,9-10,13H,4,6H2,1-3H3,(H2,17,18,19);4,6-8,11,19H,3,5H2,1-2H3,(H2,15,16,17)/t9-,10+,13+;7-,8+,11+/m00/s1. The van der Waals surface area contributed by atoms with Crippen LogP contribution in [0.3, 0.4) is 0 Å². The first kappa shape index (κ1) is 39.2. The second kappa shape index (κ2) is 16.8. The van der Waals surface area contributed by atoms with Gasteiger partial charge >= 0.3 is 28.0 Å². The normalized spacial score (nSPS) is 22.5. The molecule has 0 bridgehead atoms. The zero-order valence-corrected chi connectivity index (χ0v) is 30.7. The molecule has 0 aliphatic carbocycles. The van der Waals surface area contributed by atoms with Crippen molar-refractivity contribution < 1.29 is 52.6 Å². The molecule has 2 fully saturated rings. The zero-order valence-electron chi connectivity index (χ0n) is 29.1. The quantitative estimate of drug-likeness (QED) is 0.161. The van der Waals surface area contributed by atoms with Crippen molar-refractivity contribution in [1.29, 1.82) is 0 Å². The van der Waals surface area contributed by atoms with Crippen molar-refractivity contribution in [3.63, 3.8) is 0 Å². The average molecular weight is 783 g/mol. The number of anilines is 2. The highest BCUT2D eigenvalue weighted by molar-refractivity contribution is 7.16. The van der Waals surface area contributed by atoms with E-state index in [9.17, 15) is 29.1 Å². The Hall–Kier alpha value is -4.97. The van der Waals surface area contributed by atoms with Crippen LogP contribution in [0.25, 0.3) is 20.7 Å². The van der Waals surface area contributed by atoms with Crippen LogP contribution in [0.2, 0.25) is 0 Å². The smallest absolute Gasteiger partial charge is 0.458 e. The maximum Gasteiger partial charge on any atom is 0.508 e. The Labute approximate surface area is 307 Å². The van der Waals surface area contributed by atoms with Crippen LogP contribution in [0, 0.1) is 0 Å². The molecule has 2 aliphatic rings. The SMILES string of the molecule is CC(=O)O[C@@H]1C[C@@H](COC(=O)OC(C)C)O[C@H]1n1c(=O)sc2cnc(N)nc21.CC(C)OC(=O)OC[C@@H]1C[C@@H](O)[C@H](n2c(=O)sc3cnc(N)nc32)O1. The van der Waals surface area contributed by atoms with Crippen LogP contribution in [0.15, 0.2) is 22.0 Å². The van der Waals surface area contributed by atoms with Gasteiger partial charge in [0.05, 0.1) is 46.2 Å². The fraction of sp³-hybridized carbons (Fsp3) is 0.567. The molecule has 0 saturated carbocycles. The number of ether oxygens (including phenoxy) is 7. The van der Waals surface area contributed by atoms with Crippen molar-refractivity contribution in [1.82, 2.24) is 29.1 Å². The van der Waals surface area contributed by atoms with Gasteiger partial charge in [0.25, 0.3) is 0 Å². The van der Waals surface area contributed by atoms with E-state index in [0.29, 0.717) is 15.0 Å². The van der Waals surface area contributed by atoms with E-state index in [1.54, 1.807) is 27.7 Å². The van der Waals surface area contributed by atoms with Gasteiger partial charge in [-0.1, -0.05) is 22.7 Å². The highest BCUT2D eigenvalue weighted by Crippen LogP contribution is 2.34. The lowest BCUT2D eigenvalue weighted by Gasteiger charge is -2.19. The number of nitrogens with zero attached hydrogens (tertiary/aromatic N) is 6. The molecule has 4 aromatic heterocycles. The van der Waals surface area contributed by atoms with Gasteiger partial charge in [0.2, 0.25) is 11.9 Å². The Kier molecular flexibility index (Phi) is 12.4. The second-order valence-electron chi connectivity index (χ2n) is 12.2. The molecule has 288 valence electrons. The van der Waals surface area contributed by atoms with E-state index in [0.717, 1.165) is 22.7 Å². The Morgan fingerprint density at radius 2 is 1.28 bits per heavy atom. The summed E-state index contributed by atoms with van der Waals surface area (Å²) in [6.45, 7) is 7.85. The Balaban J connectivity index is 0.000000206. The highest BCUT2D eigenvalue weighted by Gasteiger charge is 2.42. The first-order valence-electron chi connectivity index (χ1n) is 16.2. The molecule has 5 N–H and O–H groups in total. The van der Waals surface area contributed by atoms with E-state index in [2.05, 4.69) is 19.9 Å². The number of aliphatic hydroxyl groups is 1. The van der Waals surface area contributed by atoms with E-state index in [4.69, 9.17) is 44.6 Å². The van der Waals surface area contributed by atoms with E-state index in [1.165, 1.54) is 28.5 Å². The minimum absolute atomic E-state index is 0.00241. The number of carbonyl (C=O) groups excluding carboxylic acids is 3. The molecular weight excluding hydrogens is 745 g/mol. The van der Waals surface area contributed by atoms with E-state index >= 15 is 0 Å². The van der Waals surface area contributed by atoms with Gasteiger partial charge in [-0.15, -0.1) is 0 Å². The van der Waals surface area contributed by atoms with Gasteiger partial charge in [0.1, 0.15) is 25.4 Å². The topological polar surface area (TPSA) is 284 Å². The molecule has 0 amide bonds. The molecule has 2 aliphatic heterocycles.